The summed E-state index contributed by atoms with van der Waals surface area (Å²) in [7, 11) is 0. The molecule has 1 saturated heterocycles. The summed E-state index contributed by atoms with van der Waals surface area (Å²) in [6.45, 7) is 1.01. The Kier molecular flexibility index (Phi) is 20.2. The lowest BCUT2D eigenvalue weighted by molar-refractivity contribution is -0.132. The van der Waals surface area contributed by atoms with Gasteiger partial charge in [0, 0.05) is 40.0 Å². The number of aliphatic hydroxyl groups excluding tert-OH is 1. The second-order valence-corrected chi connectivity index (χ2v) is 14.8. The van der Waals surface area contributed by atoms with E-state index >= 15 is 0 Å². The zero-order valence-corrected chi connectivity index (χ0v) is 34.6. The van der Waals surface area contributed by atoms with Crippen molar-refractivity contribution in [1.82, 2.24) is 31.5 Å². The van der Waals surface area contributed by atoms with Gasteiger partial charge in [-0.05, 0) is 75.0 Å². The van der Waals surface area contributed by atoms with E-state index in [0.717, 1.165) is 16.7 Å². The van der Waals surface area contributed by atoms with Crippen LogP contribution in [0.5, 0.6) is 0 Å². The topological polar surface area (TPSA) is 214 Å². The Bertz CT molecular complexity index is 1830. The van der Waals surface area contributed by atoms with Gasteiger partial charge in [0.2, 0.25) is 17.7 Å². The summed E-state index contributed by atoms with van der Waals surface area (Å²) < 4.78 is 23.6. The first-order chi connectivity index (χ1) is 30.1. The Morgan fingerprint density at radius 2 is 1.08 bits per heavy atom. The highest BCUT2D eigenvalue weighted by atomic mass is 16.6. The zero-order valence-electron chi connectivity index (χ0n) is 35.6. The minimum absolute atomic E-state index is 0.00732. The van der Waals surface area contributed by atoms with Crippen LogP contribution in [0.2, 0.25) is 0 Å². The number of carbonyl (C=O) groups excluding carboxylic acids is 6. The van der Waals surface area contributed by atoms with E-state index in [1.54, 1.807) is 12.1 Å². The summed E-state index contributed by atoms with van der Waals surface area (Å²) in [6, 6.07) is 25.1. The number of amides is 6. The van der Waals surface area contributed by atoms with E-state index < -0.39 is 48.3 Å². The lowest BCUT2D eigenvalue weighted by atomic mass is 10.1. The molecule has 6 N–H and O–H groups in total. The highest BCUT2D eigenvalue weighted by Crippen LogP contribution is 2.18. The van der Waals surface area contributed by atoms with Crippen LogP contribution in [0, 0.1) is 0 Å². The number of benzene rings is 3. The average molecular weight is 846 g/mol. The number of carbonyl (C=O) groups is 6. The summed E-state index contributed by atoms with van der Waals surface area (Å²) in [5.74, 6) is -1.32. The van der Waals surface area contributed by atoms with E-state index in [9.17, 15) is 33.9 Å². The maximum absolute atomic E-state index is 13.9. The Morgan fingerprint density at radius 3 is 1.57 bits per heavy atom. The molecule has 1 fully saturated rings. The molecule has 0 bridgehead atoms. The third-order valence-corrected chi connectivity index (χ3v) is 9.84. The normalized spacial score (nSPS) is 15.6. The number of rotatable bonds is 24. The van der Waals surface area contributed by atoms with Crippen molar-refractivity contribution in [3.63, 3.8) is 0 Å². The van der Waals surface area contributed by atoms with E-state index in [0.29, 0.717) is 38.5 Å². The molecule has 0 saturated carbocycles. The van der Waals surface area contributed by atoms with Crippen molar-refractivity contribution >= 4 is 36.0 Å². The van der Waals surface area contributed by atoms with Crippen LogP contribution in [0.25, 0.3) is 0 Å². The Hall–Kier alpha value is -6.16. The summed E-state index contributed by atoms with van der Waals surface area (Å²) >= 11 is 0. The van der Waals surface area contributed by atoms with Crippen LogP contribution in [0.15, 0.2) is 91.0 Å². The number of β-amino-alcohol motifs (C(OH)–C–C–N with tert-alkyl or cyclic N) is 1. The van der Waals surface area contributed by atoms with Gasteiger partial charge in [-0.1, -0.05) is 91.0 Å². The number of ether oxygens (including phenoxy) is 3. The molecule has 4 atom stereocenters. The standard InChI is InChI=1S/C45H60N6O10/c1-33-28-37(52)29-51(33)40(53)24-15-27-46-41(54)38(22-11-13-25-47-43(56)59-30-34-16-5-2-6-17-34)49-42(55)39(50-45(58)61-32-36-20-9-4-10-21-36)23-12-14-26-48-44(57)60-31-35-18-7-3-8-19-35/h2-10,16-21,33,37-39,52H,11-15,22-32H2,1H3,(H,46,54)(H,47,56)(H,48,57)(H,49,55)(H,50,58)/t33-,37-,38?,39?/m1/s1/i1D. The summed E-state index contributed by atoms with van der Waals surface area (Å²) in [6.07, 6.45) is 0.171. The van der Waals surface area contributed by atoms with Crippen LogP contribution in [0.3, 0.4) is 0 Å². The van der Waals surface area contributed by atoms with Crippen LogP contribution in [-0.4, -0.2) is 96.4 Å². The largest absolute Gasteiger partial charge is 0.445 e. The summed E-state index contributed by atoms with van der Waals surface area (Å²) in [4.78, 5) is 79.3. The molecule has 0 radical (unpaired) electrons. The smallest absolute Gasteiger partial charge is 0.408 e. The SMILES string of the molecule is [2H]C[C@@H]1C[C@@H](O)CN1C(=O)CCCNC(=O)C(CCCCNC(=O)OCc1ccccc1)NC(=O)C(CCCCNC(=O)OCc1ccccc1)NC(=O)OCc1ccccc1. The van der Waals surface area contributed by atoms with Gasteiger partial charge >= 0.3 is 18.3 Å². The Labute approximate surface area is 358 Å². The lowest BCUT2D eigenvalue weighted by Crippen LogP contribution is -2.54. The summed E-state index contributed by atoms with van der Waals surface area (Å²) in [5, 5.41) is 23.6. The second-order valence-electron chi connectivity index (χ2n) is 14.8. The molecule has 61 heavy (non-hydrogen) atoms. The number of unbranched alkanes of at least 4 members (excludes halogenated alkanes) is 2. The molecule has 330 valence electrons. The maximum atomic E-state index is 13.9. The Morgan fingerprint density at radius 1 is 0.623 bits per heavy atom. The van der Waals surface area contributed by atoms with Gasteiger partial charge in [-0.15, -0.1) is 0 Å². The molecule has 4 rings (SSSR count). The van der Waals surface area contributed by atoms with Gasteiger partial charge < -0.3 is 50.8 Å². The van der Waals surface area contributed by atoms with Crippen LogP contribution in [-0.2, 0) is 48.4 Å². The molecule has 16 nitrogen and oxygen atoms in total. The predicted molar refractivity (Wildman–Crippen MR) is 226 cm³/mol. The third kappa shape index (κ3) is 18.8. The number of aliphatic hydroxyl groups is 1. The first-order valence-electron chi connectivity index (χ1n) is 21.5. The number of nitrogens with one attached hydrogen (secondary N) is 5. The number of alkyl carbamates (subject to hydrolysis) is 3. The fourth-order valence-corrected chi connectivity index (χ4v) is 6.51. The molecule has 1 aliphatic heterocycles. The van der Waals surface area contributed by atoms with Crippen molar-refractivity contribution in [2.24, 2.45) is 0 Å². The van der Waals surface area contributed by atoms with Crippen LogP contribution in [0.1, 0.15) is 82.7 Å². The van der Waals surface area contributed by atoms with Gasteiger partial charge in [0.05, 0.1) is 6.10 Å². The molecule has 0 aliphatic carbocycles. The van der Waals surface area contributed by atoms with Gasteiger partial charge in [-0.2, -0.15) is 0 Å². The first-order valence-corrected chi connectivity index (χ1v) is 20.8. The number of hydrogen-bond donors (Lipinski definition) is 6. The molecule has 3 aromatic carbocycles. The molecule has 0 spiro atoms. The molecule has 1 aliphatic rings. The van der Waals surface area contributed by atoms with Crippen LogP contribution >= 0.6 is 0 Å². The van der Waals surface area contributed by atoms with E-state index in [4.69, 9.17) is 15.6 Å². The minimum atomic E-state index is -1.10. The van der Waals surface area contributed by atoms with Crippen molar-refractivity contribution in [2.75, 3.05) is 26.2 Å². The van der Waals surface area contributed by atoms with Gasteiger partial charge in [0.25, 0.3) is 0 Å². The molecule has 1 heterocycles. The van der Waals surface area contributed by atoms with Crippen molar-refractivity contribution in [3.8, 4) is 0 Å². The van der Waals surface area contributed by atoms with Crippen molar-refractivity contribution in [1.29, 1.82) is 0 Å². The highest BCUT2D eigenvalue weighted by Gasteiger charge is 2.31. The monoisotopic (exact) mass is 845 g/mol. The van der Waals surface area contributed by atoms with E-state index in [1.165, 1.54) is 4.90 Å². The fraction of sp³-hybridized carbons (Fsp3) is 0.467. The molecule has 0 aromatic heterocycles. The lowest BCUT2D eigenvalue weighted by Gasteiger charge is -2.24. The highest BCUT2D eigenvalue weighted by molar-refractivity contribution is 5.91. The third-order valence-electron chi connectivity index (χ3n) is 9.84. The van der Waals surface area contributed by atoms with Gasteiger partial charge in [0.15, 0.2) is 0 Å². The van der Waals surface area contributed by atoms with Gasteiger partial charge in [0.1, 0.15) is 31.9 Å². The molecular weight excluding hydrogens is 785 g/mol. The van der Waals surface area contributed by atoms with E-state index in [-0.39, 0.29) is 84.1 Å². The van der Waals surface area contributed by atoms with Gasteiger partial charge in [-0.3, -0.25) is 14.4 Å². The van der Waals surface area contributed by atoms with Crippen molar-refractivity contribution in [3.05, 3.63) is 108 Å². The molecular formula is C45H60N6O10. The summed E-state index contributed by atoms with van der Waals surface area (Å²) in [5.41, 5.74) is 2.44. The molecule has 16 heteroatoms. The first kappa shape index (κ1) is 45.9. The second kappa shape index (κ2) is 26.8. The molecule has 3 aromatic rings. The number of hydrogen-bond acceptors (Lipinski definition) is 10. The van der Waals surface area contributed by atoms with Gasteiger partial charge in [-0.25, -0.2) is 14.4 Å². The molecule has 2 unspecified atom stereocenters. The predicted octanol–water partition coefficient (Wildman–Crippen LogP) is 4.84. The maximum Gasteiger partial charge on any atom is 0.408 e. The van der Waals surface area contributed by atoms with Crippen LogP contribution < -0.4 is 26.6 Å². The average Bonchev–Trinajstić information content (AvgIpc) is 3.68. The van der Waals surface area contributed by atoms with E-state index in [2.05, 4.69) is 26.6 Å². The van der Waals surface area contributed by atoms with Crippen molar-refractivity contribution in [2.45, 2.75) is 109 Å². The molecule has 6 amide bonds. The number of nitrogens with zero attached hydrogens (tertiary/aromatic N) is 1. The minimum Gasteiger partial charge on any atom is -0.445 e. The van der Waals surface area contributed by atoms with Crippen molar-refractivity contribution < 1.29 is 49.5 Å². The van der Waals surface area contributed by atoms with E-state index in [1.807, 2.05) is 78.9 Å². The number of likely N-dealkylation sites (tertiary alicyclic amines) is 1. The Balaban J connectivity index is 1.32. The zero-order chi connectivity index (χ0) is 44.4. The fourth-order valence-electron chi connectivity index (χ4n) is 6.51. The van der Waals surface area contributed by atoms with Crippen LogP contribution in [0.4, 0.5) is 14.4 Å². The quantitative estimate of drug-likeness (QED) is 0.0534.